The number of phenols is 1. The van der Waals surface area contributed by atoms with Crippen molar-refractivity contribution in [1.29, 1.82) is 15.8 Å². The number of ether oxygens (including phenoxy) is 1. The normalized spacial score (nSPS) is 9.12. The van der Waals surface area contributed by atoms with Gasteiger partial charge in [-0.25, -0.2) is 4.79 Å². The first-order valence-electron chi connectivity index (χ1n) is 7.34. The Morgan fingerprint density at radius 3 is 2.31 bits per heavy atom. The average Bonchev–Trinajstić information content (AvgIpc) is 2.67. The van der Waals surface area contributed by atoms with Gasteiger partial charge in [0.25, 0.3) is 0 Å². The van der Waals surface area contributed by atoms with Crippen molar-refractivity contribution in [2.75, 3.05) is 5.32 Å². The molecule has 0 aliphatic carbocycles. The molecule has 0 atom stereocenters. The lowest BCUT2D eigenvalue weighted by Gasteiger charge is -2.09. The molecule has 126 valence electrons. The van der Waals surface area contributed by atoms with Gasteiger partial charge in [-0.15, -0.1) is 0 Å². The van der Waals surface area contributed by atoms with Crippen LogP contribution in [0.1, 0.15) is 15.9 Å². The van der Waals surface area contributed by atoms with Crippen molar-refractivity contribution in [2.45, 2.75) is 6.61 Å². The molecule has 0 saturated carbocycles. The van der Waals surface area contributed by atoms with E-state index in [9.17, 15) is 9.90 Å². The number of esters is 1. The van der Waals surface area contributed by atoms with Crippen LogP contribution in [0.5, 0.6) is 5.75 Å². The standard InChI is InChI=1S/C19H12N4O3/c20-9-14(10-21)17(11-22)23-15-6-7-16(18(24)8-15)19(25)26-12-13-4-2-1-3-5-13/h1-8,23-24H,12H2. The number of aromatic hydroxyl groups is 1. The number of carbonyl (C=O) groups excluding carboxylic acids is 1. The van der Waals surface area contributed by atoms with Crippen LogP contribution in [0.4, 0.5) is 5.69 Å². The fraction of sp³-hybridized carbons (Fsp3) is 0.0526. The number of nitrogens with one attached hydrogen (secondary N) is 1. The van der Waals surface area contributed by atoms with Gasteiger partial charge in [-0.1, -0.05) is 30.3 Å². The molecule has 2 rings (SSSR count). The highest BCUT2D eigenvalue weighted by Gasteiger charge is 2.14. The second-order valence-electron chi connectivity index (χ2n) is 5.00. The molecule has 0 aromatic heterocycles. The molecule has 0 fully saturated rings. The van der Waals surface area contributed by atoms with Crippen molar-refractivity contribution in [3.63, 3.8) is 0 Å². The number of nitriles is 3. The summed E-state index contributed by atoms with van der Waals surface area (Å²) in [7, 11) is 0. The van der Waals surface area contributed by atoms with E-state index in [4.69, 9.17) is 20.5 Å². The summed E-state index contributed by atoms with van der Waals surface area (Å²) in [6.07, 6.45) is 0. The van der Waals surface area contributed by atoms with Gasteiger partial charge in [0.1, 0.15) is 41.8 Å². The van der Waals surface area contributed by atoms with E-state index < -0.39 is 11.5 Å². The average molecular weight is 344 g/mol. The molecule has 0 bridgehead atoms. The van der Waals surface area contributed by atoms with E-state index in [1.54, 1.807) is 30.3 Å². The fourth-order valence-electron chi connectivity index (χ4n) is 2.01. The predicted molar refractivity (Wildman–Crippen MR) is 91.2 cm³/mol. The van der Waals surface area contributed by atoms with Crippen molar-refractivity contribution in [1.82, 2.24) is 0 Å². The molecule has 0 heterocycles. The zero-order valence-corrected chi connectivity index (χ0v) is 13.4. The maximum Gasteiger partial charge on any atom is 0.342 e. The number of benzene rings is 2. The summed E-state index contributed by atoms with van der Waals surface area (Å²) in [6.45, 7) is 0.0636. The molecule has 0 unspecified atom stereocenters. The van der Waals surface area contributed by atoms with Crippen LogP contribution in [0.2, 0.25) is 0 Å². The molecule has 0 amide bonds. The van der Waals surface area contributed by atoms with Gasteiger partial charge < -0.3 is 15.2 Å². The van der Waals surface area contributed by atoms with Crippen molar-refractivity contribution < 1.29 is 14.6 Å². The van der Waals surface area contributed by atoms with Gasteiger partial charge in [0.05, 0.1) is 0 Å². The van der Waals surface area contributed by atoms with Gasteiger partial charge >= 0.3 is 5.97 Å². The third kappa shape index (κ3) is 4.38. The summed E-state index contributed by atoms with van der Waals surface area (Å²) in [5.41, 5.74) is 0.353. The Balaban J connectivity index is 2.13. The van der Waals surface area contributed by atoms with Gasteiger partial charge in [0, 0.05) is 11.8 Å². The molecule has 0 aliphatic rings. The van der Waals surface area contributed by atoms with E-state index >= 15 is 0 Å². The molecule has 2 N–H and O–H groups in total. The van der Waals surface area contributed by atoms with E-state index in [1.165, 1.54) is 18.2 Å². The molecule has 0 aliphatic heterocycles. The molecule has 7 nitrogen and oxygen atoms in total. The van der Waals surface area contributed by atoms with Crippen molar-refractivity contribution >= 4 is 11.7 Å². The summed E-state index contributed by atoms with van der Waals surface area (Å²) in [6, 6.07) is 17.9. The third-order valence-electron chi connectivity index (χ3n) is 3.29. The van der Waals surface area contributed by atoms with Crippen LogP contribution < -0.4 is 5.32 Å². The first-order valence-corrected chi connectivity index (χ1v) is 7.34. The number of allylic oxidation sites excluding steroid dienone is 2. The van der Waals surface area contributed by atoms with E-state index in [2.05, 4.69) is 5.32 Å². The molecule has 0 radical (unpaired) electrons. The number of hydrogen-bond donors (Lipinski definition) is 2. The van der Waals surface area contributed by atoms with E-state index in [-0.39, 0.29) is 29.3 Å². The smallest absolute Gasteiger partial charge is 0.342 e. The van der Waals surface area contributed by atoms with E-state index in [0.29, 0.717) is 0 Å². The van der Waals surface area contributed by atoms with Crippen molar-refractivity contribution in [3.05, 3.63) is 70.9 Å². The van der Waals surface area contributed by atoms with Crippen LogP contribution in [-0.4, -0.2) is 11.1 Å². The summed E-state index contributed by atoms with van der Waals surface area (Å²) < 4.78 is 5.14. The van der Waals surface area contributed by atoms with E-state index in [1.807, 2.05) is 18.2 Å². The molecule has 7 heteroatoms. The maximum atomic E-state index is 12.1. The minimum atomic E-state index is -0.705. The van der Waals surface area contributed by atoms with Crippen LogP contribution in [0.15, 0.2) is 59.8 Å². The monoisotopic (exact) mass is 344 g/mol. The highest BCUT2D eigenvalue weighted by atomic mass is 16.5. The lowest BCUT2D eigenvalue weighted by molar-refractivity contribution is 0.0469. The number of hydrogen-bond acceptors (Lipinski definition) is 7. The van der Waals surface area contributed by atoms with Gasteiger partial charge in [-0.2, -0.15) is 15.8 Å². The second kappa shape index (κ2) is 8.54. The summed E-state index contributed by atoms with van der Waals surface area (Å²) in [5.74, 6) is -1.07. The van der Waals surface area contributed by atoms with Crippen LogP contribution in [0, 0.1) is 34.0 Å². The fourth-order valence-corrected chi connectivity index (χ4v) is 2.01. The lowest BCUT2D eigenvalue weighted by atomic mass is 10.1. The third-order valence-corrected chi connectivity index (χ3v) is 3.29. The van der Waals surface area contributed by atoms with Crippen molar-refractivity contribution in [2.24, 2.45) is 0 Å². The molecule has 2 aromatic carbocycles. The summed E-state index contributed by atoms with van der Waals surface area (Å²) in [5, 5.41) is 39.2. The van der Waals surface area contributed by atoms with Crippen LogP contribution in [-0.2, 0) is 11.3 Å². The first kappa shape index (κ1) is 18.1. The highest BCUT2D eigenvalue weighted by molar-refractivity contribution is 5.93. The Morgan fingerprint density at radius 2 is 1.73 bits per heavy atom. The Kier molecular flexibility index (Phi) is 5.93. The summed E-state index contributed by atoms with van der Waals surface area (Å²) >= 11 is 0. The second-order valence-corrected chi connectivity index (χ2v) is 5.00. The van der Waals surface area contributed by atoms with Gasteiger partial charge in [-0.05, 0) is 17.7 Å². The Bertz CT molecular complexity index is 961. The minimum absolute atomic E-state index is 0.0465. The molecular weight excluding hydrogens is 332 g/mol. The highest BCUT2D eigenvalue weighted by Crippen LogP contribution is 2.24. The van der Waals surface area contributed by atoms with Crippen LogP contribution >= 0.6 is 0 Å². The number of rotatable bonds is 5. The Hall–Kier alpha value is -4.28. The van der Waals surface area contributed by atoms with Gasteiger partial charge in [0.2, 0.25) is 0 Å². The molecule has 2 aromatic rings. The van der Waals surface area contributed by atoms with Gasteiger partial charge in [0.15, 0.2) is 5.57 Å². The molecule has 26 heavy (non-hydrogen) atoms. The number of nitrogens with zero attached hydrogens (tertiary/aromatic N) is 3. The predicted octanol–water partition coefficient (Wildman–Crippen LogP) is 2.99. The molecule has 0 saturated heterocycles. The zero-order valence-electron chi connectivity index (χ0n) is 13.4. The minimum Gasteiger partial charge on any atom is -0.507 e. The number of phenolic OH excluding ortho intramolecular Hbond substituents is 1. The van der Waals surface area contributed by atoms with Gasteiger partial charge in [-0.3, -0.25) is 0 Å². The topological polar surface area (TPSA) is 130 Å². The van der Waals surface area contributed by atoms with Crippen molar-refractivity contribution in [3.8, 4) is 24.0 Å². The zero-order chi connectivity index (χ0) is 18.9. The quantitative estimate of drug-likeness (QED) is 0.630. The largest absolute Gasteiger partial charge is 0.507 e. The molecular formula is C19H12N4O3. The Labute approximate surface area is 149 Å². The maximum absolute atomic E-state index is 12.1. The molecule has 0 spiro atoms. The van der Waals surface area contributed by atoms with Crippen LogP contribution in [0.25, 0.3) is 0 Å². The summed E-state index contributed by atoms with van der Waals surface area (Å²) in [4.78, 5) is 12.1. The van der Waals surface area contributed by atoms with E-state index in [0.717, 1.165) is 5.56 Å². The Morgan fingerprint density at radius 1 is 1.04 bits per heavy atom. The van der Waals surface area contributed by atoms with Crippen LogP contribution in [0.3, 0.4) is 0 Å². The first-order chi connectivity index (χ1) is 12.6. The number of carbonyl (C=O) groups is 1. The lowest BCUT2D eigenvalue weighted by Crippen LogP contribution is -2.06. The SMILES string of the molecule is N#CC(C#N)=C(C#N)Nc1ccc(C(=O)OCc2ccccc2)c(O)c1. The number of anilines is 1.